The first-order valence-electron chi connectivity index (χ1n) is 8.50. The lowest BCUT2D eigenvalue weighted by Crippen LogP contribution is -2.48. The molecule has 1 aliphatic carbocycles. The van der Waals surface area contributed by atoms with Gasteiger partial charge in [0.15, 0.2) is 5.96 Å². The van der Waals surface area contributed by atoms with Crippen molar-refractivity contribution < 1.29 is 19.8 Å². The van der Waals surface area contributed by atoms with Crippen LogP contribution in [0.25, 0.3) is 0 Å². The van der Waals surface area contributed by atoms with Gasteiger partial charge in [-0.3, -0.25) is 20.3 Å². The monoisotopic (exact) mass is 359 g/mol. The zero-order chi connectivity index (χ0) is 19.7. The van der Waals surface area contributed by atoms with Crippen LogP contribution >= 0.6 is 0 Å². The van der Waals surface area contributed by atoms with E-state index >= 15 is 0 Å². The van der Waals surface area contributed by atoms with Crippen molar-refractivity contribution in [2.75, 3.05) is 6.54 Å². The second-order valence-electron chi connectivity index (χ2n) is 7.14. The van der Waals surface area contributed by atoms with Crippen LogP contribution in [-0.4, -0.2) is 51.8 Å². The molecule has 0 aromatic carbocycles. The lowest BCUT2D eigenvalue weighted by Gasteiger charge is -2.27. The van der Waals surface area contributed by atoms with Gasteiger partial charge in [-0.25, -0.2) is 0 Å². The molecule has 9 heteroatoms. The van der Waals surface area contributed by atoms with Crippen molar-refractivity contribution in [2.24, 2.45) is 11.5 Å². The van der Waals surface area contributed by atoms with Gasteiger partial charge in [0, 0.05) is 12.1 Å². The second-order valence-corrected chi connectivity index (χ2v) is 7.14. The van der Waals surface area contributed by atoms with Gasteiger partial charge in [0.25, 0.3) is 0 Å². The van der Waals surface area contributed by atoms with Crippen LogP contribution in [0.3, 0.4) is 0 Å². The number of hydrogen-bond donors (Lipinski definition) is 7. The molecule has 9 N–H and O–H groups in total. The van der Waals surface area contributed by atoms with Crippen molar-refractivity contribution in [3.8, 4) is 0 Å². The van der Waals surface area contributed by atoms with Crippen molar-refractivity contribution in [1.29, 1.82) is 5.41 Å². The van der Waals surface area contributed by atoms with E-state index in [1.807, 2.05) is 0 Å². The largest absolute Gasteiger partial charge is 0.480 e. The van der Waals surface area contributed by atoms with E-state index in [4.69, 9.17) is 27.1 Å². The lowest BCUT2D eigenvalue weighted by molar-refractivity contribution is -0.143. The Morgan fingerprint density at radius 2 is 1.84 bits per heavy atom. The molecule has 0 unspecified atom stereocenters. The number of carboxylic acids is 2. The Hall–Kier alpha value is -1.87. The van der Waals surface area contributed by atoms with E-state index in [1.54, 1.807) is 6.92 Å². The topological polar surface area (TPSA) is 175 Å². The first-order chi connectivity index (χ1) is 11.4. The highest BCUT2D eigenvalue weighted by Gasteiger charge is 2.31. The summed E-state index contributed by atoms with van der Waals surface area (Å²) in [5.41, 5.74) is 9.36. The number of carboxylic acid groups (broad SMARTS) is 2. The summed E-state index contributed by atoms with van der Waals surface area (Å²) < 4.78 is 0. The van der Waals surface area contributed by atoms with Crippen LogP contribution in [0.15, 0.2) is 0 Å². The first kappa shape index (κ1) is 23.1. The molecule has 2 atom stereocenters. The van der Waals surface area contributed by atoms with Gasteiger partial charge < -0.3 is 27.0 Å². The summed E-state index contributed by atoms with van der Waals surface area (Å²) in [4.78, 5) is 21.1. The number of rotatable bonds is 8. The molecule has 0 heterocycles. The number of guanidine groups is 1. The maximum Gasteiger partial charge on any atom is 0.323 e. The zero-order valence-electron chi connectivity index (χ0n) is 15.4. The maximum absolute atomic E-state index is 10.6. The predicted molar refractivity (Wildman–Crippen MR) is 96.5 cm³/mol. The van der Waals surface area contributed by atoms with Gasteiger partial charge in [0.2, 0.25) is 0 Å². The second kappa shape index (κ2) is 10.2. The van der Waals surface area contributed by atoms with Gasteiger partial charge in [-0.05, 0) is 46.5 Å². The number of carbonyl (C=O) groups is 2. The van der Waals surface area contributed by atoms with Crippen LogP contribution in [0.5, 0.6) is 0 Å². The quantitative estimate of drug-likeness (QED) is 0.185. The average Bonchev–Trinajstić information content (AvgIpc) is 2.90. The molecule has 25 heavy (non-hydrogen) atoms. The summed E-state index contributed by atoms with van der Waals surface area (Å²) in [6.07, 6.45) is 5.56. The molecule has 0 radical (unpaired) electrons. The van der Waals surface area contributed by atoms with Gasteiger partial charge >= 0.3 is 11.9 Å². The average molecular weight is 359 g/mol. The Bertz CT molecular complexity index is 461. The standard InChI is InChI=1S/C9H17NO2.C7H16N4O2/c1-7(8(11)12)10-9(2)5-3-4-6-9;1-7(10,5(12)13)3-2-4-11-6(8)9/h7,10H,3-6H2,1-2H3,(H,11,12);2-4,10H2,1H3,(H,12,13)(H4,8,9,11)/t2*7-/m00/s1. The maximum atomic E-state index is 10.6. The number of nitrogens with two attached hydrogens (primary N) is 2. The Morgan fingerprint density at radius 1 is 1.32 bits per heavy atom. The highest BCUT2D eigenvalue weighted by atomic mass is 16.4. The van der Waals surface area contributed by atoms with E-state index < -0.39 is 23.5 Å². The Balaban J connectivity index is 0.000000462. The molecule has 0 saturated heterocycles. The minimum absolute atomic E-state index is 0.0673. The number of nitrogens with one attached hydrogen (secondary N) is 3. The van der Waals surface area contributed by atoms with E-state index in [1.165, 1.54) is 19.8 Å². The van der Waals surface area contributed by atoms with Crippen LogP contribution in [0.2, 0.25) is 0 Å². The van der Waals surface area contributed by atoms with Crippen LogP contribution in [-0.2, 0) is 9.59 Å². The van der Waals surface area contributed by atoms with Crippen molar-refractivity contribution in [3.05, 3.63) is 0 Å². The fourth-order valence-electron chi connectivity index (χ4n) is 2.67. The molecular weight excluding hydrogens is 326 g/mol. The van der Waals surface area contributed by atoms with Gasteiger partial charge in [-0.15, -0.1) is 0 Å². The molecule has 1 rings (SSSR count). The highest BCUT2D eigenvalue weighted by molar-refractivity contribution is 5.77. The van der Waals surface area contributed by atoms with Crippen LogP contribution in [0, 0.1) is 5.41 Å². The summed E-state index contributed by atoms with van der Waals surface area (Å²) in [5, 5.41) is 29.9. The molecule has 0 aliphatic heterocycles. The van der Waals surface area contributed by atoms with E-state index in [2.05, 4.69) is 17.6 Å². The van der Waals surface area contributed by atoms with Crippen LogP contribution in [0.1, 0.15) is 59.3 Å². The summed E-state index contributed by atoms with van der Waals surface area (Å²) in [5.74, 6) is -1.90. The van der Waals surface area contributed by atoms with E-state index in [0.29, 0.717) is 19.4 Å². The SMILES string of the molecule is C[C@H](NC1(C)CCCC1)C(=O)O.C[C@](N)(CCCNC(=N)N)C(=O)O. The predicted octanol–water partition coefficient (Wildman–Crippen LogP) is 0.433. The smallest absolute Gasteiger partial charge is 0.323 e. The fourth-order valence-corrected chi connectivity index (χ4v) is 2.67. The van der Waals surface area contributed by atoms with Crippen molar-refractivity contribution in [3.63, 3.8) is 0 Å². The number of hydrogen-bond acceptors (Lipinski definition) is 5. The Morgan fingerprint density at radius 3 is 2.24 bits per heavy atom. The molecule has 1 aliphatic rings. The third kappa shape index (κ3) is 9.88. The molecular formula is C16H33N5O4. The third-order valence-corrected chi connectivity index (χ3v) is 4.32. The van der Waals surface area contributed by atoms with Crippen molar-refractivity contribution in [2.45, 2.75) is 76.4 Å². The lowest BCUT2D eigenvalue weighted by atomic mass is 9.98. The van der Waals surface area contributed by atoms with Gasteiger partial charge in [-0.1, -0.05) is 12.8 Å². The van der Waals surface area contributed by atoms with Crippen molar-refractivity contribution in [1.82, 2.24) is 10.6 Å². The van der Waals surface area contributed by atoms with Gasteiger partial charge in [0.05, 0.1) is 0 Å². The molecule has 0 aromatic heterocycles. The number of aliphatic carboxylic acids is 2. The summed E-state index contributed by atoms with van der Waals surface area (Å²) >= 11 is 0. The molecule has 1 fully saturated rings. The Kier molecular flexibility index (Phi) is 9.43. The fraction of sp³-hybridized carbons (Fsp3) is 0.812. The summed E-state index contributed by atoms with van der Waals surface area (Å²) in [7, 11) is 0. The highest BCUT2D eigenvalue weighted by Crippen LogP contribution is 2.29. The summed E-state index contributed by atoms with van der Waals surface area (Å²) in [6, 6.07) is -0.423. The normalized spacial score (nSPS) is 19.0. The van der Waals surface area contributed by atoms with E-state index in [9.17, 15) is 9.59 Å². The summed E-state index contributed by atoms with van der Waals surface area (Å²) in [6.45, 7) is 5.74. The minimum Gasteiger partial charge on any atom is -0.480 e. The Labute approximate surface area is 149 Å². The molecule has 0 amide bonds. The van der Waals surface area contributed by atoms with Crippen molar-refractivity contribution >= 4 is 17.9 Å². The van der Waals surface area contributed by atoms with Crippen LogP contribution < -0.4 is 22.1 Å². The molecule has 0 bridgehead atoms. The van der Waals surface area contributed by atoms with Gasteiger partial charge in [0.1, 0.15) is 11.6 Å². The van der Waals surface area contributed by atoms with Crippen LogP contribution in [0.4, 0.5) is 0 Å². The molecule has 0 aromatic rings. The van der Waals surface area contributed by atoms with E-state index in [-0.39, 0.29) is 11.5 Å². The minimum atomic E-state index is -1.20. The molecule has 9 nitrogen and oxygen atoms in total. The molecule has 0 spiro atoms. The third-order valence-electron chi connectivity index (χ3n) is 4.32. The zero-order valence-corrected chi connectivity index (χ0v) is 15.4. The van der Waals surface area contributed by atoms with Gasteiger partial charge in [-0.2, -0.15) is 0 Å². The molecule has 1 saturated carbocycles. The molecule has 146 valence electrons. The van der Waals surface area contributed by atoms with E-state index in [0.717, 1.165) is 12.8 Å². The first-order valence-corrected chi connectivity index (χ1v) is 8.50.